The first-order chi connectivity index (χ1) is 12.1. The Morgan fingerprint density at radius 3 is 2.72 bits per heavy atom. The number of carbonyl (C=O) groups is 1. The van der Waals surface area contributed by atoms with E-state index in [4.69, 9.17) is 9.47 Å². The van der Waals surface area contributed by atoms with Gasteiger partial charge in [-0.25, -0.2) is 4.99 Å². The molecule has 0 saturated carbocycles. The molecule has 0 aliphatic carbocycles. The maximum Gasteiger partial charge on any atom is 0.274 e. The van der Waals surface area contributed by atoms with Crippen molar-refractivity contribution in [3.8, 4) is 11.5 Å². The average molecular weight is 335 g/mol. The molecule has 2 heterocycles. The Morgan fingerprint density at radius 2 is 1.88 bits per heavy atom. The first-order valence-electron chi connectivity index (χ1n) is 7.94. The van der Waals surface area contributed by atoms with Crippen molar-refractivity contribution in [3.63, 3.8) is 0 Å². The van der Waals surface area contributed by atoms with Crippen molar-refractivity contribution in [1.29, 1.82) is 0 Å². The Bertz CT molecular complexity index is 932. The predicted octanol–water partition coefficient (Wildman–Crippen LogP) is 2.78. The number of benzene rings is 2. The Morgan fingerprint density at radius 1 is 1.04 bits per heavy atom. The van der Waals surface area contributed by atoms with Crippen LogP contribution in [0.3, 0.4) is 0 Å². The molecule has 2 aromatic rings. The quantitative estimate of drug-likeness (QED) is 0.828. The van der Waals surface area contributed by atoms with Gasteiger partial charge in [0.05, 0.1) is 5.69 Å². The van der Waals surface area contributed by atoms with Crippen LogP contribution in [0.2, 0.25) is 0 Å². The Kier molecular flexibility index (Phi) is 3.65. The van der Waals surface area contributed by atoms with Crippen LogP contribution < -0.4 is 20.1 Å². The monoisotopic (exact) mass is 335 g/mol. The van der Waals surface area contributed by atoms with E-state index in [1.54, 1.807) is 6.08 Å². The molecule has 2 N–H and O–H groups in total. The maximum atomic E-state index is 12.2. The fraction of sp³-hybridized carbons (Fsp3) is 0.158. The Balaban J connectivity index is 1.58. The summed E-state index contributed by atoms with van der Waals surface area (Å²) in [5.41, 5.74) is 4.32. The molecule has 1 saturated heterocycles. The third kappa shape index (κ3) is 3.06. The third-order valence-corrected chi connectivity index (χ3v) is 4.02. The highest BCUT2D eigenvalue weighted by atomic mass is 16.7. The zero-order valence-corrected chi connectivity index (χ0v) is 13.9. The first-order valence-corrected chi connectivity index (χ1v) is 7.94. The molecule has 0 radical (unpaired) electrons. The van der Waals surface area contributed by atoms with Crippen molar-refractivity contribution in [1.82, 2.24) is 10.6 Å². The van der Waals surface area contributed by atoms with Gasteiger partial charge in [0.2, 0.25) is 12.8 Å². The highest BCUT2D eigenvalue weighted by Crippen LogP contribution is 2.33. The van der Waals surface area contributed by atoms with E-state index in [9.17, 15) is 4.79 Å². The van der Waals surface area contributed by atoms with Gasteiger partial charge >= 0.3 is 0 Å². The number of hydrogen-bond acceptors (Lipinski definition) is 4. The van der Waals surface area contributed by atoms with Gasteiger partial charge in [-0.15, -0.1) is 0 Å². The third-order valence-electron chi connectivity index (χ3n) is 4.02. The number of carbonyl (C=O) groups excluding carboxylic acids is 1. The lowest BCUT2D eigenvalue weighted by Crippen LogP contribution is -2.24. The number of hydrogen-bond donors (Lipinski definition) is 2. The van der Waals surface area contributed by atoms with Crippen LogP contribution in [0, 0.1) is 13.8 Å². The largest absolute Gasteiger partial charge is 0.454 e. The zero-order valence-electron chi connectivity index (χ0n) is 13.9. The van der Waals surface area contributed by atoms with Crippen molar-refractivity contribution in [2.45, 2.75) is 13.8 Å². The summed E-state index contributed by atoms with van der Waals surface area (Å²) in [6, 6.07) is 11.5. The van der Waals surface area contributed by atoms with E-state index in [2.05, 4.69) is 21.7 Å². The van der Waals surface area contributed by atoms with E-state index in [1.807, 2.05) is 44.2 Å². The Hall–Kier alpha value is -3.28. The van der Waals surface area contributed by atoms with Crippen LogP contribution in [-0.4, -0.2) is 18.7 Å². The molecule has 2 aliphatic rings. The lowest BCUT2D eigenvalue weighted by Gasteiger charge is -2.03. The lowest BCUT2D eigenvalue weighted by molar-refractivity contribution is -0.115. The van der Waals surface area contributed by atoms with Crippen LogP contribution in [0.4, 0.5) is 5.69 Å². The highest BCUT2D eigenvalue weighted by Gasteiger charge is 2.22. The summed E-state index contributed by atoms with van der Waals surface area (Å²) in [6.07, 6.45) is 1.75. The summed E-state index contributed by atoms with van der Waals surface area (Å²) < 4.78 is 10.6. The maximum absolute atomic E-state index is 12.2. The standard InChI is InChI=1S/C19H17N3O3/c1-11-3-5-14(12(2)7-11)20-19-21-15(18(23)22-19)8-13-4-6-16-17(9-13)25-10-24-16/h3-9H,10H2,1-2H3,(H2,20,21,22,23)/b15-8-. The van der Waals surface area contributed by atoms with E-state index < -0.39 is 0 Å². The average Bonchev–Trinajstić information content (AvgIpc) is 3.17. The fourth-order valence-corrected chi connectivity index (χ4v) is 2.77. The van der Waals surface area contributed by atoms with Gasteiger partial charge in [-0.1, -0.05) is 23.8 Å². The summed E-state index contributed by atoms with van der Waals surface area (Å²) in [7, 11) is 0. The SMILES string of the molecule is Cc1ccc(N=C2NC(=O)/C(=C/c3ccc4c(c3)OCO4)N2)c(C)c1. The molecule has 0 aromatic heterocycles. The minimum atomic E-state index is -0.221. The first kappa shape index (κ1) is 15.3. The van der Waals surface area contributed by atoms with Crippen LogP contribution in [0.15, 0.2) is 47.1 Å². The van der Waals surface area contributed by atoms with Gasteiger partial charge in [0, 0.05) is 0 Å². The molecular formula is C19H17N3O3. The number of guanidine groups is 1. The van der Waals surface area contributed by atoms with Gasteiger partial charge < -0.3 is 14.8 Å². The fourth-order valence-electron chi connectivity index (χ4n) is 2.77. The van der Waals surface area contributed by atoms with Crippen molar-refractivity contribution >= 4 is 23.6 Å². The van der Waals surface area contributed by atoms with Crippen molar-refractivity contribution in [2.24, 2.45) is 4.99 Å². The van der Waals surface area contributed by atoms with Crippen LogP contribution in [-0.2, 0) is 4.79 Å². The molecule has 0 bridgehead atoms. The van der Waals surface area contributed by atoms with Gasteiger partial charge in [-0.05, 0) is 49.2 Å². The number of amides is 1. The normalized spacial score (nSPS) is 18.6. The number of ether oxygens (including phenoxy) is 2. The van der Waals surface area contributed by atoms with Crippen LogP contribution in [0.1, 0.15) is 16.7 Å². The molecule has 4 rings (SSSR count). The zero-order chi connectivity index (χ0) is 17.4. The molecule has 0 unspecified atom stereocenters. The van der Waals surface area contributed by atoms with E-state index in [0.717, 1.165) is 16.8 Å². The number of nitrogens with zero attached hydrogens (tertiary/aromatic N) is 1. The van der Waals surface area contributed by atoms with Gasteiger partial charge in [0.1, 0.15) is 5.70 Å². The smallest absolute Gasteiger partial charge is 0.274 e. The lowest BCUT2D eigenvalue weighted by atomic mass is 10.1. The van der Waals surface area contributed by atoms with E-state index in [-0.39, 0.29) is 12.7 Å². The molecule has 1 fully saturated rings. The number of fused-ring (bicyclic) bond motifs is 1. The van der Waals surface area contributed by atoms with Crippen LogP contribution >= 0.6 is 0 Å². The molecule has 6 heteroatoms. The van der Waals surface area contributed by atoms with E-state index >= 15 is 0 Å². The molecule has 0 spiro atoms. The van der Waals surface area contributed by atoms with Crippen molar-refractivity contribution in [3.05, 3.63) is 58.8 Å². The number of nitrogens with one attached hydrogen (secondary N) is 2. The van der Waals surface area contributed by atoms with Gasteiger partial charge in [0.25, 0.3) is 5.91 Å². The van der Waals surface area contributed by atoms with Gasteiger partial charge in [0.15, 0.2) is 11.5 Å². The summed E-state index contributed by atoms with van der Waals surface area (Å²) in [4.78, 5) is 16.7. The summed E-state index contributed by atoms with van der Waals surface area (Å²) in [5, 5.41) is 5.77. The molecule has 1 amide bonds. The second-order valence-electron chi connectivity index (χ2n) is 6.00. The van der Waals surface area contributed by atoms with Crippen molar-refractivity contribution in [2.75, 3.05) is 6.79 Å². The molecule has 6 nitrogen and oxygen atoms in total. The second-order valence-corrected chi connectivity index (χ2v) is 6.00. The summed E-state index contributed by atoms with van der Waals surface area (Å²) >= 11 is 0. The van der Waals surface area contributed by atoms with Crippen LogP contribution in [0.25, 0.3) is 6.08 Å². The summed E-state index contributed by atoms with van der Waals surface area (Å²) in [5.74, 6) is 1.59. The number of rotatable bonds is 2. The number of aliphatic imine (C=N–C) groups is 1. The minimum absolute atomic E-state index is 0.221. The number of aryl methyl sites for hydroxylation is 2. The molecular weight excluding hydrogens is 318 g/mol. The topological polar surface area (TPSA) is 72.0 Å². The molecule has 2 aliphatic heterocycles. The van der Waals surface area contributed by atoms with E-state index in [0.29, 0.717) is 23.2 Å². The van der Waals surface area contributed by atoms with Gasteiger partial charge in [-0.2, -0.15) is 0 Å². The Labute approximate surface area is 145 Å². The molecule has 0 atom stereocenters. The van der Waals surface area contributed by atoms with Gasteiger partial charge in [-0.3, -0.25) is 10.1 Å². The second kappa shape index (κ2) is 5.98. The molecule has 126 valence electrons. The molecule has 25 heavy (non-hydrogen) atoms. The minimum Gasteiger partial charge on any atom is -0.454 e. The van der Waals surface area contributed by atoms with E-state index in [1.165, 1.54) is 5.56 Å². The molecule has 2 aromatic carbocycles. The van der Waals surface area contributed by atoms with Crippen molar-refractivity contribution < 1.29 is 14.3 Å². The summed E-state index contributed by atoms with van der Waals surface area (Å²) in [6.45, 7) is 4.25. The predicted molar refractivity (Wildman–Crippen MR) is 94.8 cm³/mol. The highest BCUT2D eigenvalue weighted by molar-refractivity contribution is 6.16. The van der Waals surface area contributed by atoms with Crippen LogP contribution in [0.5, 0.6) is 11.5 Å².